The Bertz CT molecular complexity index is 4520. The number of carbonyl (C=O) groups is 18. The summed E-state index contributed by atoms with van der Waals surface area (Å²) in [5, 5.41) is 77.3. The van der Waals surface area contributed by atoms with Gasteiger partial charge in [-0.25, -0.2) is 4.79 Å². The molecule has 10 amide bonds. The van der Waals surface area contributed by atoms with E-state index in [1.807, 2.05) is 6.92 Å². The number of nitrogens with zero attached hydrogens (tertiary/aromatic N) is 5. The molecule has 39 nitrogen and oxygen atoms in total. The molecule has 41 heteroatoms. The topological polar surface area (TPSA) is 627 Å². The van der Waals surface area contributed by atoms with Crippen LogP contribution in [0.3, 0.4) is 0 Å². The lowest BCUT2D eigenvalue weighted by molar-refractivity contribution is -0.148. The number of aromatic amines is 1. The van der Waals surface area contributed by atoms with Crippen molar-refractivity contribution >= 4 is 144 Å². The number of guanidine groups is 1. The lowest BCUT2D eigenvalue weighted by atomic mass is 9.88. The molecule has 126 heavy (non-hydrogen) atoms. The third-order valence-corrected chi connectivity index (χ3v) is 24.8. The number of phenolic OH excluding ortho intramolecular Hbond substituents is 1. The number of para-hydroxylation sites is 1. The summed E-state index contributed by atoms with van der Waals surface area (Å²) in [4.78, 5) is 264. The highest BCUT2D eigenvalue weighted by molar-refractivity contribution is 8.76. The monoisotopic (exact) mass is 1800 g/mol. The van der Waals surface area contributed by atoms with E-state index in [2.05, 4.69) is 52.5 Å². The minimum Gasteiger partial charge on any atom is -0.508 e. The fourth-order valence-electron chi connectivity index (χ4n) is 15.6. The highest BCUT2D eigenvalue weighted by Gasteiger charge is 2.44. The molecule has 4 bridgehead atoms. The number of nitrogens with two attached hydrogens (primary N) is 3. The molecule has 3 aliphatic heterocycles. The van der Waals surface area contributed by atoms with Crippen LogP contribution in [-0.4, -0.2) is 249 Å². The zero-order valence-corrected chi connectivity index (χ0v) is 72.2. The number of primary amides is 2. The highest BCUT2D eigenvalue weighted by Crippen LogP contribution is 2.32. The van der Waals surface area contributed by atoms with Crippen LogP contribution in [0, 0.1) is 40.9 Å². The van der Waals surface area contributed by atoms with Crippen LogP contribution in [0.5, 0.6) is 5.75 Å². The predicted molar refractivity (Wildman–Crippen MR) is 463 cm³/mol. The lowest BCUT2D eigenvalue weighted by Gasteiger charge is -2.30. The van der Waals surface area contributed by atoms with Crippen LogP contribution in [0.2, 0.25) is 0 Å². The van der Waals surface area contributed by atoms with Gasteiger partial charge >= 0.3 is 18.0 Å². The number of aliphatic hydroxyl groups excluding tert-OH is 1. The van der Waals surface area contributed by atoms with E-state index in [-0.39, 0.29) is 134 Å². The number of hydrogen-bond donors (Lipinski definition) is 16. The third-order valence-electron chi connectivity index (χ3n) is 22.4. The number of amides is 10. The molecule has 0 radical (unpaired) electrons. The molecular formula is C85H121N17O22S2. The molecular weight excluding hydrogens is 1680 g/mol. The van der Waals surface area contributed by atoms with Crippen molar-refractivity contribution in [2.75, 3.05) is 44.7 Å². The average molecular weight is 1800 g/mol. The number of aromatic nitrogens is 4. The molecule has 13 atom stereocenters. The molecule has 2 fully saturated rings. The largest absolute Gasteiger partial charge is 0.508 e. The third kappa shape index (κ3) is 33.8. The summed E-state index contributed by atoms with van der Waals surface area (Å²) in [6.07, 6.45) is -5.17. The maximum atomic E-state index is 15.7. The Morgan fingerprint density at radius 3 is 1.98 bits per heavy atom. The summed E-state index contributed by atoms with van der Waals surface area (Å²) in [6, 6.07) is 2.07. The summed E-state index contributed by atoms with van der Waals surface area (Å²) in [5.41, 5.74) is 18.4. The van der Waals surface area contributed by atoms with Gasteiger partial charge in [-0.05, 0) is 107 Å². The predicted octanol–water partition coefficient (Wildman–Crippen LogP) is 2.49. The van der Waals surface area contributed by atoms with Gasteiger partial charge in [-0.1, -0.05) is 84.3 Å². The van der Waals surface area contributed by atoms with E-state index in [0.717, 1.165) is 51.2 Å². The number of unbranched alkanes of at least 4 members (excludes halogenated alkanes) is 2. The van der Waals surface area contributed by atoms with Gasteiger partial charge in [-0.15, -0.1) is 5.10 Å². The number of aromatic hydroxyl groups is 1. The van der Waals surface area contributed by atoms with Gasteiger partial charge in [0.15, 0.2) is 40.7 Å². The van der Waals surface area contributed by atoms with Crippen molar-refractivity contribution in [2.45, 2.75) is 237 Å². The van der Waals surface area contributed by atoms with E-state index in [9.17, 15) is 68.4 Å². The maximum absolute atomic E-state index is 15.7. The molecule has 3 aliphatic rings. The van der Waals surface area contributed by atoms with Gasteiger partial charge in [-0.2, -0.15) is 0 Å². The Morgan fingerprint density at radius 1 is 0.675 bits per heavy atom. The van der Waals surface area contributed by atoms with E-state index >= 15 is 38.4 Å². The zero-order chi connectivity index (χ0) is 91.6. The van der Waals surface area contributed by atoms with E-state index in [4.69, 9.17) is 22.6 Å². The minimum absolute atomic E-state index is 0. The van der Waals surface area contributed by atoms with E-state index in [0.29, 0.717) is 28.5 Å². The SMILES string of the molecule is C.CCCCCC(=O)CCC(=O)N[C@H]1CSSC[C@@H]2NC(=O)[C@H](CCCNC(=N)N)CC(=O)[C@@H]3CCCN3C(=O)[C@H](CC(=O)O)CC(=O)[C@H]([C@@H](C)O)NC(=O)[C@@H](CC1=O)Cc1cn(nn1)CCC[C@@H](C(=O)C[C@@H](Cc1ccc(O)cc1)C(=O)N(C)CC(=O)O)NC(=O)[C@H](CCC(N)=O)CC(=O)[C@H](Cc1c[nH]c3ccccc13)NC(=O)[C@H](CCCNC(N)=O)CC2=O. The molecule has 0 spiro atoms. The quantitative estimate of drug-likeness (QED) is 0.0144. The maximum Gasteiger partial charge on any atom is 0.323 e. The molecule has 690 valence electrons. The van der Waals surface area contributed by atoms with Gasteiger partial charge in [-0.3, -0.25) is 91.6 Å². The molecule has 2 aromatic carbocycles. The molecule has 4 aromatic rings. The van der Waals surface area contributed by atoms with Crippen molar-refractivity contribution in [3.8, 4) is 5.75 Å². The first-order valence-corrected chi connectivity index (χ1v) is 44.7. The van der Waals surface area contributed by atoms with Gasteiger partial charge in [0.25, 0.3) is 0 Å². The van der Waals surface area contributed by atoms with E-state index in [1.54, 1.807) is 30.5 Å². The summed E-state index contributed by atoms with van der Waals surface area (Å²) in [5.74, 6) is -25.9. The summed E-state index contributed by atoms with van der Waals surface area (Å²) < 4.78 is 1.28. The standard InChI is InChI=1S/C84H117N17O22S2.CH4/c1-4-5-6-15-57(103)25-27-73(112)92-63-45-124-125-46-64-68(107)35-49(14-10-29-90-84(88)123)77(117)94-62(34-55-42-91-60-17-8-7-16-59(55)60)67(106)36-51(22-26-72(85)111)79(119)93-61(66(105)39-53(81(121)99(3)44-75(115)116)32-48-20-23-58(104)24-21-48)18-11-30-100-43-56(97-98-100)33-52(38-69(63)108)80(120)96-76(47(2)102)71(110)40-54(41-74(113)114)82(122)101-31-12-19-65(101)70(109)37-50(78(118)95-64)13-9-28-89-83(86)87;/h7-8,16-17,20-21,23-24,42-43,47,49-54,61-65,76,91,102,104H,4-6,9-15,18-19,22,25-41,44-46H2,1-3H3,(H2,85,111)(H,92,112)(H,93,119)(H,94,117)(H,95,118)(H,96,120)(H,113,114)(H,115,116)(H4,86,87,89)(H3,88,90,123);1H4/t47-,49-,50-,51-,52-,53-,54+,61+,62+,63+,64+,65+,76+;/m1./s1. The van der Waals surface area contributed by atoms with Crippen molar-refractivity contribution in [2.24, 2.45) is 52.7 Å². The first kappa shape index (κ1) is 103. The Kier molecular flexibility index (Phi) is 42.5. The number of phenols is 1. The summed E-state index contributed by atoms with van der Waals surface area (Å²) in [6.45, 7) is 1.85. The van der Waals surface area contributed by atoms with Gasteiger partial charge in [0.1, 0.15) is 24.1 Å². The normalized spacial score (nSPS) is 22.7. The summed E-state index contributed by atoms with van der Waals surface area (Å²) >= 11 is 0. The highest BCUT2D eigenvalue weighted by atomic mass is 33.1. The molecule has 0 aliphatic carbocycles. The number of aryl methyl sites for hydroxylation is 1. The second kappa shape index (κ2) is 51.8. The number of fused-ring (bicyclic) bond motifs is 12. The van der Waals surface area contributed by atoms with Crippen LogP contribution in [0.15, 0.2) is 60.9 Å². The van der Waals surface area contributed by atoms with Crippen molar-refractivity contribution in [1.29, 1.82) is 5.41 Å². The molecule has 5 heterocycles. The number of benzene rings is 2. The van der Waals surface area contributed by atoms with Crippen LogP contribution in [0.25, 0.3) is 10.9 Å². The van der Waals surface area contributed by atoms with Crippen LogP contribution >= 0.6 is 21.6 Å². The van der Waals surface area contributed by atoms with Crippen LogP contribution in [-0.2, 0) is 107 Å². The second-order valence-corrected chi connectivity index (χ2v) is 34.9. The Labute approximate surface area is 737 Å². The Balaban J connectivity index is 0.0000245. The first-order valence-electron chi connectivity index (χ1n) is 42.2. The number of carbonyl (C=O) groups excluding carboxylic acids is 16. The van der Waals surface area contributed by atoms with Crippen molar-refractivity contribution < 1.29 is 107 Å². The van der Waals surface area contributed by atoms with Crippen molar-refractivity contribution in [3.05, 3.63) is 77.7 Å². The molecule has 2 aromatic heterocycles. The number of carboxylic acid groups (broad SMARTS) is 2. The first-order chi connectivity index (χ1) is 59.5. The molecule has 7 rings (SSSR count). The lowest BCUT2D eigenvalue weighted by Crippen LogP contribution is -2.52. The van der Waals surface area contributed by atoms with Crippen LogP contribution in [0.4, 0.5) is 4.79 Å². The van der Waals surface area contributed by atoms with E-state index in [1.165, 1.54) is 42.2 Å². The number of rotatable bonds is 32. The Morgan fingerprint density at radius 2 is 1.32 bits per heavy atom. The zero-order valence-electron chi connectivity index (χ0n) is 70.5. The van der Waals surface area contributed by atoms with Gasteiger partial charge in [0.05, 0.1) is 60.3 Å². The number of aliphatic hydroxyl groups is 1. The fourth-order valence-corrected chi connectivity index (χ4v) is 18.0. The van der Waals surface area contributed by atoms with Crippen molar-refractivity contribution in [1.82, 2.24) is 67.0 Å². The molecule has 2 saturated heterocycles. The number of urea groups is 1. The number of ketones is 7. The number of likely N-dealkylation sites (N-methyl/N-ethyl adjacent to an activating group) is 1. The molecule has 19 N–H and O–H groups in total. The van der Waals surface area contributed by atoms with Gasteiger partial charge in [0, 0.05) is 169 Å². The second-order valence-electron chi connectivity index (χ2n) is 32.3. The number of H-pyrrole nitrogens is 1. The molecule has 0 saturated carbocycles. The average Bonchev–Trinajstić information content (AvgIpc) is 1.65. The van der Waals surface area contributed by atoms with E-state index < -0.39 is 267 Å². The number of carboxylic acids is 2. The number of nitrogens with one attached hydrogen (secondary N) is 9. The number of hydrogen-bond acceptors (Lipinski definition) is 25. The fraction of sp³-hybridized carbons (Fsp3) is 0.588. The van der Waals surface area contributed by atoms with Gasteiger partial charge < -0.3 is 89.6 Å². The van der Waals surface area contributed by atoms with Crippen molar-refractivity contribution in [3.63, 3.8) is 0 Å². The summed E-state index contributed by atoms with van der Waals surface area (Å²) in [7, 11) is 3.02. The smallest absolute Gasteiger partial charge is 0.323 e. The Hall–Kier alpha value is -11.5. The van der Waals surface area contributed by atoms with Gasteiger partial charge in [0.2, 0.25) is 47.3 Å². The van der Waals surface area contributed by atoms with Crippen LogP contribution in [0.1, 0.15) is 186 Å². The van der Waals surface area contributed by atoms with Crippen LogP contribution < -0.4 is 54.4 Å². The molecule has 0 unspecified atom stereocenters. The number of aliphatic carboxylic acids is 2. The number of Topliss-reactive ketones (excluding diaryl/α,β-unsaturated/α-hetero) is 7. The minimum atomic E-state index is -1.91.